The van der Waals surface area contributed by atoms with Gasteiger partial charge in [0.1, 0.15) is 5.88 Å². The van der Waals surface area contributed by atoms with Crippen molar-refractivity contribution >= 4 is 34.6 Å². The molecule has 5 heteroatoms. The van der Waals surface area contributed by atoms with Crippen molar-refractivity contribution in [2.75, 3.05) is 5.88 Å². The number of hydrogen-bond acceptors (Lipinski definition) is 3. The molecule has 3 nitrogen and oxygen atoms in total. The van der Waals surface area contributed by atoms with Crippen LogP contribution >= 0.6 is 22.9 Å². The maximum absolute atomic E-state index is 12.0. The summed E-state index contributed by atoms with van der Waals surface area (Å²) in [6.45, 7) is 0. The van der Waals surface area contributed by atoms with E-state index in [2.05, 4.69) is 5.10 Å². The van der Waals surface area contributed by atoms with Crippen molar-refractivity contribution in [3.05, 3.63) is 58.3 Å². The monoisotopic (exact) mass is 304 g/mol. The van der Waals surface area contributed by atoms with E-state index >= 15 is 0 Å². The van der Waals surface area contributed by atoms with Crippen LogP contribution in [0.2, 0.25) is 0 Å². The van der Waals surface area contributed by atoms with Crippen molar-refractivity contribution in [2.45, 2.75) is 12.5 Å². The van der Waals surface area contributed by atoms with E-state index in [0.29, 0.717) is 0 Å². The van der Waals surface area contributed by atoms with E-state index in [4.69, 9.17) is 11.6 Å². The second-order valence-corrected chi connectivity index (χ2v) is 5.74. The summed E-state index contributed by atoms with van der Waals surface area (Å²) < 4.78 is 0. The molecular formula is C15H13ClN2OS. The Morgan fingerprint density at radius 3 is 2.75 bits per heavy atom. The molecule has 2 heterocycles. The second-order valence-electron chi connectivity index (χ2n) is 4.53. The average molecular weight is 305 g/mol. The maximum Gasteiger partial charge on any atom is 0.258 e. The van der Waals surface area contributed by atoms with Crippen molar-refractivity contribution in [3.63, 3.8) is 0 Å². The van der Waals surface area contributed by atoms with Gasteiger partial charge in [0.05, 0.1) is 16.6 Å². The number of thiophene rings is 1. The van der Waals surface area contributed by atoms with Gasteiger partial charge in [-0.15, -0.1) is 22.9 Å². The Labute approximate surface area is 126 Å². The van der Waals surface area contributed by atoms with E-state index in [1.165, 1.54) is 5.01 Å². The fourth-order valence-electron chi connectivity index (χ4n) is 2.33. The number of amides is 1. The predicted octanol–water partition coefficient (Wildman–Crippen LogP) is 3.66. The Hall–Kier alpha value is -1.65. The maximum atomic E-state index is 12.0. The molecule has 0 N–H and O–H groups in total. The first-order valence-corrected chi connectivity index (χ1v) is 7.75. The summed E-state index contributed by atoms with van der Waals surface area (Å²) in [4.78, 5) is 13.1. The number of carbonyl (C=O) groups excluding carboxylic acids is 1. The van der Waals surface area contributed by atoms with Crippen LogP contribution in [0.25, 0.3) is 0 Å². The van der Waals surface area contributed by atoms with Gasteiger partial charge in [-0.3, -0.25) is 4.79 Å². The van der Waals surface area contributed by atoms with E-state index in [-0.39, 0.29) is 17.8 Å². The number of nitrogens with zero attached hydrogens (tertiary/aromatic N) is 2. The highest BCUT2D eigenvalue weighted by Crippen LogP contribution is 2.33. The summed E-state index contributed by atoms with van der Waals surface area (Å²) in [5.41, 5.74) is 2.04. The molecule has 0 bridgehead atoms. The van der Waals surface area contributed by atoms with Gasteiger partial charge in [-0.25, -0.2) is 5.01 Å². The number of halogens is 1. The molecule has 1 aliphatic heterocycles. The minimum atomic E-state index is -0.160. The van der Waals surface area contributed by atoms with E-state index < -0.39 is 0 Å². The van der Waals surface area contributed by atoms with E-state index in [1.807, 2.05) is 47.8 Å². The molecule has 102 valence electrons. The second kappa shape index (κ2) is 5.77. The number of hydrogen-bond donors (Lipinski definition) is 0. The van der Waals surface area contributed by atoms with Crippen LogP contribution in [0.15, 0.2) is 52.9 Å². The molecule has 0 unspecified atom stereocenters. The van der Waals surface area contributed by atoms with Gasteiger partial charge in [-0.2, -0.15) is 5.10 Å². The van der Waals surface area contributed by atoms with E-state index in [9.17, 15) is 4.79 Å². The molecule has 0 aliphatic carbocycles. The predicted molar refractivity (Wildman–Crippen MR) is 82.2 cm³/mol. The summed E-state index contributed by atoms with van der Waals surface area (Å²) >= 11 is 7.34. The van der Waals surface area contributed by atoms with Crippen LogP contribution in [0.5, 0.6) is 0 Å². The van der Waals surface area contributed by atoms with Crippen molar-refractivity contribution in [3.8, 4) is 0 Å². The minimum absolute atomic E-state index is 0.0510. The zero-order chi connectivity index (χ0) is 13.9. The zero-order valence-electron chi connectivity index (χ0n) is 10.7. The molecule has 1 aliphatic rings. The topological polar surface area (TPSA) is 32.7 Å². The lowest BCUT2D eigenvalue weighted by Gasteiger charge is -2.20. The van der Waals surface area contributed by atoms with Crippen LogP contribution in [-0.4, -0.2) is 22.5 Å². The van der Waals surface area contributed by atoms with Crippen molar-refractivity contribution in [1.82, 2.24) is 5.01 Å². The highest BCUT2D eigenvalue weighted by Gasteiger charge is 2.32. The molecular weight excluding hydrogens is 292 g/mol. The Kier molecular flexibility index (Phi) is 3.85. The van der Waals surface area contributed by atoms with Gasteiger partial charge >= 0.3 is 0 Å². The first kappa shape index (κ1) is 13.3. The van der Waals surface area contributed by atoms with Gasteiger partial charge in [-0.1, -0.05) is 36.4 Å². The third kappa shape index (κ3) is 2.49. The Morgan fingerprint density at radius 1 is 1.30 bits per heavy atom. The molecule has 1 atom stereocenters. The lowest BCUT2D eigenvalue weighted by molar-refractivity contribution is -0.130. The molecule has 0 saturated heterocycles. The summed E-state index contributed by atoms with van der Waals surface area (Å²) in [5.74, 6) is -0.211. The Morgan fingerprint density at radius 2 is 2.10 bits per heavy atom. The van der Waals surface area contributed by atoms with E-state index in [0.717, 1.165) is 22.6 Å². The van der Waals surface area contributed by atoms with Crippen molar-refractivity contribution in [2.24, 2.45) is 5.10 Å². The fourth-order valence-corrected chi connectivity index (χ4v) is 3.17. The quantitative estimate of drug-likeness (QED) is 0.796. The van der Waals surface area contributed by atoms with Crippen LogP contribution in [0.1, 0.15) is 22.9 Å². The summed E-state index contributed by atoms with van der Waals surface area (Å²) in [6.07, 6.45) is 0.729. The van der Waals surface area contributed by atoms with Gasteiger partial charge in [0.25, 0.3) is 5.91 Å². The summed E-state index contributed by atoms with van der Waals surface area (Å²) in [5, 5.41) is 8.03. The number of benzene rings is 1. The molecule has 0 radical (unpaired) electrons. The highest BCUT2D eigenvalue weighted by molar-refractivity contribution is 7.12. The molecule has 1 aromatic carbocycles. The van der Waals surface area contributed by atoms with Gasteiger partial charge in [0.15, 0.2) is 0 Å². The van der Waals surface area contributed by atoms with Gasteiger partial charge in [-0.05, 0) is 17.0 Å². The Balaban J connectivity index is 1.94. The average Bonchev–Trinajstić information content (AvgIpc) is 3.16. The summed E-state index contributed by atoms with van der Waals surface area (Å²) in [7, 11) is 0. The number of rotatable bonds is 3. The minimum Gasteiger partial charge on any atom is -0.272 e. The smallest absolute Gasteiger partial charge is 0.258 e. The SMILES string of the molecule is O=C(CCl)N1N=C(c2cccs2)C[C@H]1c1ccccc1. The molecule has 0 saturated carbocycles. The lowest BCUT2D eigenvalue weighted by atomic mass is 10.0. The van der Waals surface area contributed by atoms with E-state index in [1.54, 1.807) is 11.3 Å². The molecule has 0 fully saturated rings. The third-order valence-corrected chi connectivity index (χ3v) is 4.42. The van der Waals surface area contributed by atoms with Gasteiger partial charge < -0.3 is 0 Å². The van der Waals surface area contributed by atoms with Crippen LogP contribution in [-0.2, 0) is 4.79 Å². The van der Waals surface area contributed by atoms with Crippen molar-refractivity contribution < 1.29 is 4.79 Å². The van der Waals surface area contributed by atoms with Crippen LogP contribution in [0.3, 0.4) is 0 Å². The molecule has 3 rings (SSSR count). The Bertz CT molecular complexity index is 625. The normalized spacial score (nSPS) is 18.1. The first-order chi connectivity index (χ1) is 9.79. The van der Waals surface area contributed by atoms with Gasteiger partial charge in [0.2, 0.25) is 0 Å². The number of alkyl halides is 1. The van der Waals surface area contributed by atoms with Crippen LogP contribution in [0, 0.1) is 0 Å². The largest absolute Gasteiger partial charge is 0.272 e. The third-order valence-electron chi connectivity index (χ3n) is 3.27. The molecule has 2 aromatic rings. The lowest BCUT2D eigenvalue weighted by Crippen LogP contribution is -2.27. The standard InChI is InChI=1S/C15H13ClN2OS/c16-10-15(19)18-13(11-5-2-1-3-6-11)9-12(17-18)14-7-4-8-20-14/h1-8,13H,9-10H2/t13-/m0/s1. The van der Waals surface area contributed by atoms with Crippen molar-refractivity contribution in [1.29, 1.82) is 0 Å². The van der Waals surface area contributed by atoms with Crippen LogP contribution < -0.4 is 0 Å². The number of carbonyl (C=O) groups is 1. The fraction of sp³-hybridized carbons (Fsp3) is 0.200. The number of hydrazone groups is 1. The highest BCUT2D eigenvalue weighted by atomic mass is 35.5. The molecule has 20 heavy (non-hydrogen) atoms. The van der Waals surface area contributed by atoms with Crippen LogP contribution in [0.4, 0.5) is 0 Å². The zero-order valence-corrected chi connectivity index (χ0v) is 12.3. The summed E-state index contributed by atoms with van der Waals surface area (Å²) in [6, 6.07) is 13.9. The molecule has 1 aromatic heterocycles. The first-order valence-electron chi connectivity index (χ1n) is 6.34. The molecule has 0 spiro atoms. The molecule has 1 amide bonds. The van der Waals surface area contributed by atoms with Gasteiger partial charge in [0, 0.05) is 6.42 Å².